The third kappa shape index (κ3) is 4.67. The van der Waals surface area contributed by atoms with Crippen LogP contribution in [0.5, 0.6) is 0 Å². The largest absolute Gasteiger partial charge is 0.325 e. The minimum absolute atomic E-state index is 0.0148. The van der Waals surface area contributed by atoms with Crippen molar-refractivity contribution < 1.29 is 4.79 Å². The second-order valence-corrected chi connectivity index (χ2v) is 6.24. The highest BCUT2D eigenvalue weighted by atomic mass is 32.2. The van der Waals surface area contributed by atoms with Gasteiger partial charge in [0.25, 0.3) is 0 Å². The van der Waals surface area contributed by atoms with Crippen molar-refractivity contribution in [3.8, 4) is 0 Å². The fraction of sp³-hybridized carbons (Fsp3) is 0.267. The van der Waals surface area contributed by atoms with E-state index in [4.69, 9.17) is 0 Å². The van der Waals surface area contributed by atoms with Gasteiger partial charge in [0.1, 0.15) is 0 Å². The Balaban J connectivity index is 1.85. The van der Waals surface area contributed by atoms with Crippen LogP contribution < -0.4 is 5.32 Å². The number of amides is 1. The molecule has 1 heterocycles. The molecule has 0 radical (unpaired) electrons. The Morgan fingerprint density at radius 3 is 2.95 bits per heavy atom. The van der Waals surface area contributed by atoms with Crippen LogP contribution in [0.2, 0.25) is 0 Å². The summed E-state index contributed by atoms with van der Waals surface area (Å²) < 4.78 is 0. The van der Waals surface area contributed by atoms with Crippen LogP contribution in [0.15, 0.2) is 46.0 Å². The summed E-state index contributed by atoms with van der Waals surface area (Å²) in [5, 5.41) is 7.10. The number of hydrogen-bond donors (Lipinski definition) is 1. The Hall–Kier alpha value is -1.30. The van der Waals surface area contributed by atoms with Crippen LogP contribution in [0.4, 0.5) is 5.69 Å². The summed E-state index contributed by atoms with van der Waals surface area (Å²) in [7, 11) is 1.95. The van der Waals surface area contributed by atoms with E-state index in [1.165, 1.54) is 5.56 Å². The van der Waals surface area contributed by atoms with Gasteiger partial charge in [-0.15, -0.1) is 11.8 Å². The molecule has 0 saturated carbocycles. The van der Waals surface area contributed by atoms with Gasteiger partial charge >= 0.3 is 0 Å². The number of nitrogens with one attached hydrogen (secondary N) is 1. The first-order chi connectivity index (χ1) is 9.67. The van der Waals surface area contributed by atoms with Gasteiger partial charge in [-0.05, 0) is 53.9 Å². The Kier molecular flexibility index (Phi) is 5.64. The van der Waals surface area contributed by atoms with E-state index in [2.05, 4.69) is 22.1 Å². The molecule has 1 amide bonds. The van der Waals surface area contributed by atoms with Crippen LogP contribution in [0.25, 0.3) is 0 Å². The molecule has 0 aliphatic carbocycles. The summed E-state index contributed by atoms with van der Waals surface area (Å²) in [5.74, 6) is 0.0148. The molecule has 0 atom stereocenters. The van der Waals surface area contributed by atoms with Crippen molar-refractivity contribution in [2.45, 2.75) is 11.4 Å². The molecule has 1 aromatic carbocycles. The molecule has 1 N–H and O–H groups in total. The van der Waals surface area contributed by atoms with Crippen molar-refractivity contribution >= 4 is 34.7 Å². The lowest BCUT2D eigenvalue weighted by atomic mass is 10.3. The number of carbonyl (C=O) groups excluding carboxylic acids is 1. The highest BCUT2D eigenvalue weighted by Crippen LogP contribution is 2.18. The minimum Gasteiger partial charge on any atom is -0.325 e. The Bertz CT molecular complexity index is 555. The number of nitrogens with zero attached hydrogens (tertiary/aromatic N) is 1. The monoisotopic (exact) mass is 306 g/mol. The molecule has 5 heteroatoms. The normalized spacial score (nSPS) is 10.8. The van der Waals surface area contributed by atoms with Gasteiger partial charge in [0.05, 0.1) is 6.54 Å². The molecule has 2 aromatic rings. The van der Waals surface area contributed by atoms with Crippen LogP contribution >= 0.6 is 23.1 Å². The van der Waals surface area contributed by atoms with E-state index in [9.17, 15) is 4.79 Å². The van der Waals surface area contributed by atoms with Gasteiger partial charge in [-0.1, -0.05) is 6.07 Å². The number of benzene rings is 1. The van der Waals surface area contributed by atoms with Gasteiger partial charge in [-0.25, -0.2) is 0 Å². The highest BCUT2D eigenvalue weighted by molar-refractivity contribution is 7.98. The van der Waals surface area contributed by atoms with Gasteiger partial charge in [0.15, 0.2) is 0 Å². The second-order valence-electron chi connectivity index (χ2n) is 4.58. The summed E-state index contributed by atoms with van der Waals surface area (Å²) in [5.41, 5.74) is 2.10. The first kappa shape index (κ1) is 15.1. The minimum atomic E-state index is 0.0148. The van der Waals surface area contributed by atoms with E-state index in [1.54, 1.807) is 23.1 Å². The summed E-state index contributed by atoms with van der Waals surface area (Å²) in [6.07, 6.45) is 2.02. The molecule has 0 saturated heterocycles. The van der Waals surface area contributed by atoms with Crippen molar-refractivity contribution in [1.29, 1.82) is 0 Å². The Morgan fingerprint density at radius 2 is 2.25 bits per heavy atom. The number of rotatable bonds is 6. The number of anilines is 1. The SMILES string of the molecule is CSc1cccc(NC(=O)CN(C)Cc2ccsc2)c1. The molecule has 0 unspecified atom stereocenters. The standard InChI is InChI=1S/C15H18N2OS2/c1-17(9-12-6-7-20-11-12)10-15(18)16-13-4-3-5-14(8-13)19-2/h3-8,11H,9-10H2,1-2H3,(H,16,18). The topological polar surface area (TPSA) is 32.3 Å². The highest BCUT2D eigenvalue weighted by Gasteiger charge is 2.08. The average molecular weight is 306 g/mol. The fourth-order valence-corrected chi connectivity index (χ4v) is 3.02. The number of thioether (sulfide) groups is 1. The first-order valence-electron chi connectivity index (χ1n) is 6.31. The van der Waals surface area contributed by atoms with Gasteiger partial charge in [0, 0.05) is 17.1 Å². The zero-order valence-corrected chi connectivity index (χ0v) is 13.3. The van der Waals surface area contributed by atoms with Crippen molar-refractivity contribution in [3.05, 3.63) is 46.7 Å². The quantitative estimate of drug-likeness (QED) is 0.829. The predicted molar refractivity (Wildman–Crippen MR) is 87.5 cm³/mol. The molecule has 106 valence electrons. The zero-order chi connectivity index (χ0) is 14.4. The lowest BCUT2D eigenvalue weighted by molar-refractivity contribution is -0.117. The predicted octanol–water partition coefficient (Wildman–Crippen LogP) is 3.54. The van der Waals surface area contributed by atoms with E-state index >= 15 is 0 Å². The Labute approximate surface area is 128 Å². The van der Waals surface area contributed by atoms with Gasteiger partial charge in [0.2, 0.25) is 5.91 Å². The van der Waals surface area contributed by atoms with Crippen molar-refractivity contribution in [1.82, 2.24) is 4.90 Å². The number of likely N-dealkylation sites (N-methyl/N-ethyl adjacent to an activating group) is 1. The fourth-order valence-electron chi connectivity index (χ4n) is 1.90. The maximum atomic E-state index is 12.0. The second kappa shape index (κ2) is 7.47. The molecule has 0 spiro atoms. The number of carbonyl (C=O) groups is 1. The third-order valence-corrected chi connectivity index (χ3v) is 4.26. The molecule has 0 aliphatic heterocycles. The lowest BCUT2D eigenvalue weighted by Crippen LogP contribution is -2.29. The maximum absolute atomic E-state index is 12.0. The van der Waals surface area contributed by atoms with Gasteiger partial charge < -0.3 is 5.32 Å². The van der Waals surface area contributed by atoms with E-state index in [1.807, 2.05) is 42.5 Å². The van der Waals surface area contributed by atoms with E-state index < -0.39 is 0 Å². The van der Waals surface area contributed by atoms with Gasteiger partial charge in [-0.3, -0.25) is 9.69 Å². The molecule has 0 bridgehead atoms. The lowest BCUT2D eigenvalue weighted by Gasteiger charge is -2.15. The molecule has 1 aromatic heterocycles. The molecular formula is C15H18N2OS2. The number of thiophene rings is 1. The molecule has 2 rings (SSSR count). The summed E-state index contributed by atoms with van der Waals surface area (Å²) in [6.45, 7) is 1.18. The summed E-state index contributed by atoms with van der Waals surface area (Å²) in [6, 6.07) is 9.97. The van der Waals surface area contributed by atoms with E-state index in [0.717, 1.165) is 17.1 Å². The molecule has 0 fully saturated rings. The number of hydrogen-bond acceptors (Lipinski definition) is 4. The first-order valence-corrected chi connectivity index (χ1v) is 8.47. The van der Waals surface area contributed by atoms with Crippen molar-refractivity contribution in [2.24, 2.45) is 0 Å². The van der Waals surface area contributed by atoms with Crippen LogP contribution in [0, 0.1) is 0 Å². The summed E-state index contributed by atoms with van der Waals surface area (Å²) >= 11 is 3.34. The molecule has 3 nitrogen and oxygen atoms in total. The van der Waals surface area contributed by atoms with Crippen molar-refractivity contribution in [3.63, 3.8) is 0 Å². The van der Waals surface area contributed by atoms with Crippen molar-refractivity contribution in [2.75, 3.05) is 25.2 Å². The van der Waals surface area contributed by atoms with Crippen LogP contribution in [0.1, 0.15) is 5.56 Å². The summed E-state index contributed by atoms with van der Waals surface area (Å²) in [4.78, 5) is 15.2. The van der Waals surface area contributed by atoms with E-state index in [0.29, 0.717) is 6.54 Å². The van der Waals surface area contributed by atoms with Crippen LogP contribution in [-0.2, 0) is 11.3 Å². The van der Waals surface area contributed by atoms with Crippen LogP contribution in [-0.4, -0.2) is 30.7 Å². The van der Waals surface area contributed by atoms with Crippen LogP contribution in [0.3, 0.4) is 0 Å². The van der Waals surface area contributed by atoms with E-state index in [-0.39, 0.29) is 5.91 Å². The molecular weight excluding hydrogens is 288 g/mol. The smallest absolute Gasteiger partial charge is 0.238 e. The zero-order valence-electron chi connectivity index (χ0n) is 11.6. The molecule has 20 heavy (non-hydrogen) atoms. The maximum Gasteiger partial charge on any atom is 0.238 e. The average Bonchev–Trinajstić information content (AvgIpc) is 2.91. The Morgan fingerprint density at radius 1 is 1.40 bits per heavy atom. The molecule has 0 aliphatic rings. The van der Waals surface area contributed by atoms with Gasteiger partial charge in [-0.2, -0.15) is 11.3 Å². The third-order valence-electron chi connectivity index (χ3n) is 2.80.